The van der Waals surface area contributed by atoms with E-state index in [1.165, 1.54) is 87.2 Å². The lowest BCUT2D eigenvalue weighted by molar-refractivity contribution is 0.827. The van der Waals surface area contributed by atoms with Crippen LogP contribution in [0.4, 0.5) is 0 Å². The van der Waals surface area contributed by atoms with Gasteiger partial charge in [-0.05, 0) is 76.2 Å². The number of hydrogen-bond donors (Lipinski definition) is 0. The van der Waals surface area contributed by atoms with E-state index in [2.05, 4.69) is 240 Å². The summed E-state index contributed by atoms with van der Waals surface area (Å²) >= 11 is 0. The molecule has 4 heterocycles. The highest BCUT2D eigenvalue weighted by Gasteiger charge is 2.10. The molecule has 0 aliphatic carbocycles. The lowest BCUT2D eigenvalue weighted by atomic mass is 10.2. The van der Waals surface area contributed by atoms with Crippen molar-refractivity contribution in [2.24, 2.45) is 0 Å². The minimum Gasteiger partial charge on any atom is -0.341 e. The van der Waals surface area contributed by atoms with Crippen molar-refractivity contribution < 1.29 is 0 Å². The molecule has 0 N–H and O–H groups in total. The van der Waals surface area contributed by atoms with Crippen LogP contribution in [0.3, 0.4) is 0 Å². The molecule has 0 amide bonds. The maximum absolute atomic E-state index is 2.37. The first-order chi connectivity index (χ1) is 39.7. The molecular weight excluding hydrogens is 969 g/mol. The van der Waals surface area contributed by atoms with Gasteiger partial charge in [-0.3, -0.25) is 0 Å². The lowest BCUT2D eigenvalue weighted by Gasteiger charge is -2.01. The van der Waals surface area contributed by atoms with Crippen LogP contribution in [0.25, 0.3) is 87.2 Å². The van der Waals surface area contributed by atoms with Gasteiger partial charge in [0.2, 0.25) is 0 Å². The maximum atomic E-state index is 2.37. The van der Waals surface area contributed by atoms with Crippen molar-refractivity contribution in [2.45, 2.75) is 192 Å². The second kappa shape index (κ2) is 45.8. The van der Waals surface area contributed by atoms with Crippen LogP contribution in [0.1, 0.15) is 166 Å². The maximum Gasteiger partial charge on any atom is 0.0491 e. The third kappa shape index (κ3) is 18.5. The first-order valence-electron chi connectivity index (χ1n) is 31.5. The number of aryl methyl sites for hydroxylation is 4. The van der Waals surface area contributed by atoms with Crippen LogP contribution in [-0.4, -0.2) is 18.3 Å². The largest absolute Gasteiger partial charge is 0.341 e. The van der Waals surface area contributed by atoms with Gasteiger partial charge < -0.3 is 18.3 Å². The van der Waals surface area contributed by atoms with E-state index in [0.717, 1.165) is 26.2 Å². The van der Waals surface area contributed by atoms with Gasteiger partial charge in [0.15, 0.2) is 0 Å². The van der Waals surface area contributed by atoms with Gasteiger partial charge in [-0.2, -0.15) is 0 Å². The summed E-state index contributed by atoms with van der Waals surface area (Å²) in [5.74, 6) is 0. The zero-order chi connectivity index (χ0) is 61.0. The predicted molar refractivity (Wildman–Crippen MR) is 374 cm³/mol. The fourth-order valence-corrected chi connectivity index (χ4v) is 9.38. The fraction of sp³-hybridized carbons (Fsp3) is 0.368. The minimum atomic E-state index is 1.02. The summed E-state index contributed by atoms with van der Waals surface area (Å²) in [6.07, 6.45) is 0. The van der Waals surface area contributed by atoms with Gasteiger partial charge in [-0.1, -0.05) is 284 Å². The molecule has 8 aromatic carbocycles. The molecule has 0 atom stereocenters. The monoisotopic (exact) mass is 1080 g/mol. The standard InChI is InChI=1S/4C14H13N.10C2H6/c4*1-2-15-13-9-5-3-7-11(13)12-8-4-6-10-14(12)15;10*1-2/h4*3-10H,2H2,1H3;10*1-2H3. The summed E-state index contributed by atoms with van der Waals surface area (Å²) in [5.41, 5.74) is 10.7. The van der Waals surface area contributed by atoms with E-state index in [1.54, 1.807) is 0 Å². The Morgan fingerprint density at radius 1 is 0.163 bits per heavy atom. The van der Waals surface area contributed by atoms with Gasteiger partial charge >= 0.3 is 0 Å². The second-order valence-electron chi connectivity index (χ2n) is 15.1. The molecule has 0 aliphatic heterocycles. The van der Waals surface area contributed by atoms with Crippen LogP contribution in [-0.2, 0) is 26.2 Å². The molecule has 4 nitrogen and oxygen atoms in total. The number of fused-ring (bicyclic) bond motifs is 12. The van der Waals surface area contributed by atoms with E-state index in [1.807, 2.05) is 138 Å². The fourth-order valence-electron chi connectivity index (χ4n) is 9.38. The third-order valence-electron chi connectivity index (χ3n) is 12.0. The van der Waals surface area contributed by atoms with Crippen molar-refractivity contribution in [3.63, 3.8) is 0 Å². The molecule has 0 aliphatic rings. The predicted octanol–water partition coefficient (Wildman–Crippen LogP) is 25.5. The van der Waals surface area contributed by atoms with Crippen LogP contribution in [0, 0.1) is 0 Å². The van der Waals surface area contributed by atoms with E-state index in [9.17, 15) is 0 Å². The molecule has 4 heteroatoms. The molecule has 12 aromatic rings. The normalized spacial score (nSPS) is 9.20. The van der Waals surface area contributed by atoms with E-state index in [0.29, 0.717) is 0 Å². The Kier molecular flexibility index (Phi) is 42.9. The summed E-state index contributed by atoms with van der Waals surface area (Å²) in [5, 5.41) is 10.9. The van der Waals surface area contributed by atoms with E-state index in [-0.39, 0.29) is 0 Å². The molecule has 436 valence electrons. The number of aromatic nitrogens is 4. The first kappa shape index (κ1) is 75.0. The van der Waals surface area contributed by atoms with Gasteiger partial charge in [-0.15, -0.1) is 0 Å². The Morgan fingerprint density at radius 3 is 0.338 bits per heavy atom. The molecule has 80 heavy (non-hydrogen) atoms. The van der Waals surface area contributed by atoms with Crippen LogP contribution < -0.4 is 0 Å². The number of para-hydroxylation sites is 8. The minimum absolute atomic E-state index is 1.02. The van der Waals surface area contributed by atoms with Gasteiger partial charge in [0.05, 0.1) is 0 Å². The Bertz CT molecular complexity index is 2720. The highest BCUT2D eigenvalue weighted by Crippen LogP contribution is 2.31. The van der Waals surface area contributed by atoms with Crippen molar-refractivity contribution in [3.05, 3.63) is 194 Å². The second-order valence-corrected chi connectivity index (χ2v) is 15.1. The summed E-state index contributed by atoms with van der Waals surface area (Å²) in [7, 11) is 0. The van der Waals surface area contributed by atoms with Crippen molar-refractivity contribution in [1.82, 2.24) is 18.3 Å². The SMILES string of the molecule is CC.CC.CC.CC.CC.CC.CC.CC.CC.CC.CCn1c2ccccc2c2ccccc21.CCn1c2ccccc2c2ccccc21.CCn1c2ccccc2c2ccccc21.CCn1c2ccccc2c2ccccc21. The first-order valence-corrected chi connectivity index (χ1v) is 31.5. The number of benzene rings is 8. The quantitative estimate of drug-likeness (QED) is 0.167. The molecule has 0 fully saturated rings. The molecule has 0 radical (unpaired) electrons. The molecule has 0 spiro atoms. The zero-order valence-electron chi connectivity index (χ0n) is 55.1. The number of hydrogen-bond acceptors (Lipinski definition) is 0. The van der Waals surface area contributed by atoms with E-state index in [4.69, 9.17) is 0 Å². The molecule has 0 unspecified atom stereocenters. The van der Waals surface area contributed by atoms with Gasteiger partial charge in [0.1, 0.15) is 0 Å². The molecule has 0 saturated carbocycles. The van der Waals surface area contributed by atoms with Gasteiger partial charge in [0, 0.05) is 113 Å². The Morgan fingerprint density at radius 2 is 0.250 bits per heavy atom. The van der Waals surface area contributed by atoms with Gasteiger partial charge in [-0.25, -0.2) is 0 Å². The van der Waals surface area contributed by atoms with Crippen LogP contribution >= 0.6 is 0 Å². The Balaban J connectivity index is 0. The average molecular weight is 1080 g/mol. The van der Waals surface area contributed by atoms with Crippen molar-refractivity contribution in [3.8, 4) is 0 Å². The van der Waals surface area contributed by atoms with Crippen molar-refractivity contribution in [1.29, 1.82) is 0 Å². The smallest absolute Gasteiger partial charge is 0.0491 e. The number of nitrogens with zero attached hydrogens (tertiary/aromatic N) is 4. The Labute approximate surface area is 489 Å². The highest BCUT2D eigenvalue weighted by molar-refractivity contribution is 6.10. The topological polar surface area (TPSA) is 19.7 Å². The molecule has 0 saturated heterocycles. The van der Waals surface area contributed by atoms with Crippen molar-refractivity contribution >= 4 is 87.2 Å². The van der Waals surface area contributed by atoms with Crippen molar-refractivity contribution in [2.75, 3.05) is 0 Å². The van der Waals surface area contributed by atoms with Crippen LogP contribution in [0.2, 0.25) is 0 Å². The lowest BCUT2D eigenvalue weighted by Crippen LogP contribution is -1.91. The number of rotatable bonds is 4. The van der Waals surface area contributed by atoms with E-state index >= 15 is 0 Å². The summed E-state index contributed by atoms with van der Waals surface area (Å²) in [6.45, 7) is 52.9. The molecule has 0 bridgehead atoms. The summed E-state index contributed by atoms with van der Waals surface area (Å²) < 4.78 is 9.46. The van der Waals surface area contributed by atoms with Crippen LogP contribution in [0.5, 0.6) is 0 Å². The highest BCUT2D eigenvalue weighted by atomic mass is 15.0. The molecular formula is C76H112N4. The third-order valence-corrected chi connectivity index (χ3v) is 12.0. The molecule has 12 rings (SSSR count). The van der Waals surface area contributed by atoms with Crippen LogP contribution in [0.15, 0.2) is 194 Å². The average Bonchev–Trinajstić information content (AvgIpc) is 4.31. The molecule has 4 aromatic heterocycles. The van der Waals surface area contributed by atoms with E-state index < -0.39 is 0 Å². The summed E-state index contributed by atoms with van der Waals surface area (Å²) in [6, 6.07) is 68.8. The zero-order valence-corrected chi connectivity index (χ0v) is 55.1. The summed E-state index contributed by atoms with van der Waals surface area (Å²) in [4.78, 5) is 0. The Hall–Kier alpha value is -7.04. The van der Waals surface area contributed by atoms with Gasteiger partial charge in [0.25, 0.3) is 0 Å².